The third kappa shape index (κ3) is 3.28. The van der Waals surface area contributed by atoms with E-state index in [1.807, 2.05) is 13.0 Å². The number of carboxylic acid groups (broad SMARTS) is 2. The fraction of sp³-hybridized carbons (Fsp3) is 0.700. The molecule has 4 atom stereocenters. The van der Waals surface area contributed by atoms with Crippen LogP contribution >= 0.6 is 0 Å². The van der Waals surface area contributed by atoms with Crippen molar-refractivity contribution >= 4 is 11.9 Å². The Bertz CT molecular complexity index is 588. The normalized spacial score (nSPS) is 36.7. The average molecular weight is 334 g/mol. The largest absolute Gasteiger partial charge is 0.478 e. The second-order valence-electron chi connectivity index (χ2n) is 8.24. The second kappa shape index (κ2) is 6.73. The SMILES string of the molecule is C/C(=C\C(=O)O)CC[C@@]1(C)[C@H](C)CC[C@@]2(C)C(C(=O)O)=CCC[C@@H]12. The molecule has 0 heterocycles. The van der Waals surface area contributed by atoms with Gasteiger partial charge in [-0.2, -0.15) is 0 Å². The van der Waals surface area contributed by atoms with Crippen LogP contribution in [-0.4, -0.2) is 22.2 Å². The van der Waals surface area contributed by atoms with Gasteiger partial charge >= 0.3 is 11.9 Å². The van der Waals surface area contributed by atoms with Crippen LogP contribution in [-0.2, 0) is 9.59 Å². The van der Waals surface area contributed by atoms with Gasteiger partial charge in [0.05, 0.1) is 0 Å². The molecule has 24 heavy (non-hydrogen) atoms. The summed E-state index contributed by atoms with van der Waals surface area (Å²) in [6.45, 7) is 8.56. The zero-order valence-electron chi connectivity index (χ0n) is 15.3. The van der Waals surface area contributed by atoms with Gasteiger partial charge in [-0.1, -0.05) is 32.4 Å². The molecule has 0 bridgehead atoms. The summed E-state index contributed by atoms with van der Waals surface area (Å²) in [6, 6.07) is 0. The van der Waals surface area contributed by atoms with Gasteiger partial charge in [-0.25, -0.2) is 9.59 Å². The van der Waals surface area contributed by atoms with E-state index >= 15 is 0 Å². The third-order valence-electron chi connectivity index (χ3n) is 6.86. The lowest BCUT2D eigenvalue weighted by molar-refractivity contribution is -0.137. The van der Waals surface area contributed by atoms with Crippen molar-refractivity contribution in [1.82, 2.24) is 0 Å². The minimum atomic E-state index is -0.895. The first-order valence-electron chi connectivity index (χ1n) is 8.95. The van der Waals surface area contributed by atoms with Gasteiger partial charge in [-0.3, -0.25) is 0 Å². The fourth-order valence-corrected chi connectivity index (χ4v) is 5.19. The molecule has 2 aliphatic carbocycles. The molecule has 0 saturated heterocycles. The zero-order valence-corrected chi connectivity index (χ0v) is 15.3. The van der Waals surface area contributed by atoms with Crippen LogP contribution < -0.4 is 0 Å². The van der Waals surface area contributed by atoms with E-state index in [4.69, 9.17) is 5.11 Å². The van der Waals surface area contributed by atoms with Crippen molar-refractivity contribution in [2.45, 2.75) is 66.2 Å². The molecule has 134 valence electrons. The standard InChI is InChI=1S/C20H30O4/c1-13(12-17(21)22)8-10-19(3)14(2)9-11-20(4)15(18(23)24)6-5-7-16(19)20/h6,12,14,16H,5,7-11H2,1-4H3,(H,21,22)(H,23,24)/b13-12+/t14-,16+,19+,20+/m1/s1. The lowest BCUT2D eigenvalue weighted by Crippen LogP contribution is -2.51. The van der Waals surface area contributed by atoms with Crippen LogP contribution in [0, 0.1) is 22.7 Å². The highest BCUT2D eigenvalue weighted by atomic mass is 16.4. The van der Waals surface area contributed by atoms with Crippen LogP contribution in [0.3, 0.4) is 0 Å². The van der Waals surface area contributed by atoms with E-state index in [2.05, 4.69) is 20.8 Å². The molecule has 1 fully saturated rings. The first-order valence-corrected chi connectivity index (χ1v) is 8.95. The van der Waals surface area contributed by atoms with Gasteiger partial charge in [0.2, 0.25) is 0 Å². The van der Waals surface area contributed by atoms with Gasteiger partial charge in [0.15, 0.2) is 0 Å². The smallest absolute Gasteiger partial charge is 0.331 e. The summed E-state index contributed by atoms with van der Waals surface area (Å²) < 4.78 is 0. The van der Waals surface area contributed by atoms with Crippen molar-refractivity contribution < 1.29 is 19.8 Å². The summed E-state index contributed by atoms with van der Waals surface area (Å²) in [6.07, 6.45) is 8.68. The molecule has 1 saturated carbocycles. The number of rotatable bonds is 5. The van der Waals surface area contributed by atoms with E-state index in [0.29, 0.717) is 17.4 Å². The molecule has 0 spiro atoms. The van der Waals surface area contributed by atoms with Gasteiger partial charge < -0.3 is 10.2 Å². The van der Waals surface area contributed by atoms with Crippen molar-refractivity contribution in [1.29, 1.82) is 0 Å². The summed E-state index contributed by atoms with van der Waals surface area (Å²) in [5.74, 6) is -0.821. The summed E-state index contributed by atoms with van der Waals surface area (Å²) in [5, 5.41) is 18.6. The highest BCUT2D eigenvalue weighted by molar-refractivity contribution is 5.88. The van der Waals surface area contributed by atoms with Crippen LogP contribution in [0.1, 0.15) is 66.2 Å². The van der Waals surface area contributed by atoms with Gasteiger partial charge in [-0.15, -0.1) is 0 Å². The zero-order chi connectivity index (χ0) is 18.1. The molecule has 2 N–H and O–H groups in total. The number of allylic oxidation sites excluding steroid dienone is 2. The number of fused-ring (bicyclic) bond motifs is 1. The predicted octanol–water partition coefficient (Wildman–Crippen LogP) is 4.66. The minimum Gasteiger partial charge on any atom is -0.478 e. The molecule has 0 aromatic carbocycles. The summed E-state index contributed by atoms with van der Waals surface area (Å²) in [5.41, 5.74) is 1.24. The Hall–Kier alpha value is -1.58. The Morgan fingerprint density at radius 2 is 1.96 bits per heavy atom. The summed E-state index contributed by atoms with van der Waals surface area (Å²) >= 11 is 0. The summed E-state index contributed by atoms with van der Waals surface area (Å²) in [7, 11) is 0. The van der Waals surface area contributed by atoms with E-state index in [9.17, 15) is 14.7 Å². The Kier molecular flexibility index (Phi) is 5.26. The lowest BCUT2D eigenvalue weighted by Gasteiger charge is -2.57. The molecule has 4 nitrogen and oxygen atoms in total. The molecule has 0 aromatic rings. The van der Waals surface area contributed by atoms with Gasteiger partial charge in [0.25, 0.3) is 0 Å². The van der Waals surface area contributed by atoms with Gasteiger partial charge in [0, 0.05) is 17.1 Å². The van der Waals surface area contributed by atoms with Crippen molar-refractivity contribution in [2.24, 2.45) is 22.7 Å². The van der Waals surface area contributed by atoms with Crippen LogP contribution in [0.4, 0.5) is 0 Å². The second-order valence-corrected chi connectivity index (χ2v) is 8.24. The van der Waals surface area contributed by atoms with Gasteiger partial charge in [0.1, 0.15) is 0 Å². The molecule has 0 radical (unpaired) electrons. The Labute approximate surface area is 144 Å². The quantitative estimate of drug-likeness (QED) is 0.717. The molecule has 0 aromatic heterocycles. The number of hydrogen-bond donors (Lipinski definition) is 2. The summed E-state index contributed by atoms with van der Waals surface area (Å²) in [4.78, 5) is 22.6. The monoisotopic (exact) mass is 334 g/mol. The van der Waals surface area contributed by atoms with Crippen molar-refractivity contribution in [3.63, 3.8) is 0 Å². The van der Waals surface area contributed by atoms with Crippen molar-refractivity contribution in [3.8, 4) is 0 Å². The number of carbonyl (C=O) groups is 2. The predicted molar refractivity (Wildman–Crippen MR) is 93.7 cm³/mol. The minimum absolute atomic E-state index is 0.0373. The van der Waals surface area contributed by atoms with Crippen LogP contribution in [0.5, 0.6) is 0 Å². The van der Waals surface area contributed by atoms with E-state index < -0.39 is 11.9 Å². The third-order valence-corrected chi connectivity index (χ3v) is 6.86. The number of carboxylic acids is 2. The van der Waals surface area contributed by atoms with Crippen LogP contribution in [0.15, 0.2) is 23.3 Å². The highest BCUT2D eigenvalue weighted by Crippen LogP contribution is 2.62. The number of hydrogen-bond acceptors (Lipinski definition) is 2. The molecular weight excluding hydrogens is 304 g/mol. The fourth-order valence-electron chi connectivity index (χ4n) is 5.19. The average Bonchev–Trinajstić information content (AvgIpc) is 2.48. The van der Waals surface area contributed by atoms with E-state index in [1.165, 1.54) is 6.08 Å². The molecule has 2 rings (SSSR count). The van der Waals surface area contributed by atoms with Crippen molar-refractivity contribution in [3.05, 3.63) is 23.3 Å². The number of aliphatic carboxylic acids is 2. The Morgan fingerprint density at radius 3 is 2.54 bits per heavy atom. The lowest BCUT2D eigenvalue weighted by atomic mass is 9.46. The van der Waals surface area contributed by atoms with Crippen LogP contribution in [0.25, 0.3) is 0 Å². The highest BCUT2D eigenvalue weighted by Gasteiger charge is 2.55. The molecule has 4 heteroatoms. The molecule has 2 aliphatic rings. The molecule has 0 amide bonds. The maximum Gasteiger partial charge on any atom is 0.331 e. The van der Waals surface area contributed by atoms with E-state index in [0.717, 1.165) is 44.1 Å². The Morgan fingerprint density at radius 1 is 1.29 bits per heavy atom. The molecule has 0 unspecified atom stereocenters. The maximum atomic E-state index is 11.8. The topological polar surface area (TPSA) is 74.6 Å². The van der Waals surface area contributed by atoms with Crippen molar-refractivity contribution in [2.75, 3.05) is 0 Å². The van der Waals surface area contributed by atoms with E-state index in [1.54, 1.807) is 0 Å². The molecular formula is C20H30O4. The van der Waals surface area contributed by atoms with Gasteiger partial charge in [-0.05, 0) is 62.7 Å². The maximum absolute atomic E-state index is 11.8. The molecule has 0 aliphatic heterocycles. The first-order chi connectivity index (χ1) is 11.1. The first kappa shape index (κ1) is 18.8. The Balaban J connectivity index is 2.29. The van der Waals surface area contributed by atoms with Crippen LogP contribution in [0.2, 0.25) is 0 Å². The van der Waals surface area contributed by atoms with E-state index in [-0.39, 0.29) is 10.8 Å².